The number of nitro benzene ring substituents is 1. The first kappa shape index (κ1) is 24.5. The fourth-order valence-electron chi connectivity index (χ4n) is 4.49. The van der Waals surface area contributed by atoms with Crippen molar-refractivity contribution in [1.82, 2.24) is 9.80 Å². The van der Waals surface area contributed by atoms with E-state index >= 15 is 0 Å². The summed E-state index contributed by atoms with van der Waals surface area (Å²) < 4.78 is 13.6. The Labute approximate surface area is 206 Å². The van der Waals surface area contributed by atoms with Crippen molar-refractivity contribution in [3.05, 3.63) is 97.0 Å². The molecule has 2 heterocycles. The fourth-order valence-corrected chi connectivity index (χ4v) is 5.39. The van der Waals surface area contributed by atoms with Gasteiger partial charge in [-0.2, -0.15) is 0 Å². The molecule has 2 aromatic carbocycles. The van der Waals surface area contributed by atoms with Crippen molar-refractivity contribution >= 4 is 28.8 Å². The SMILES string of the molecule is CCCN(CC(=O)N1CCc2sccc2C1c1ccc(F)cc1)C(=O)c1ccc(C)c([N+](=O)[O-])c1. The molecule has 9 heteroatoms. The monoisotopic (exact) mass is 495 g/mol. The Hall–Kier alpha value is -3.59. The molecule has 35 heavy (non-hydrogen) atoms. The number of hydrogen-bond donors (Lipinski definition) is 0. The molecule has 0 fully saturated rings. The standard InChI is InChI=1S/C26H26FN3O4S/c1-3-12-28(26(32)19-5-4-17(2)22(15-19)30(33)34)16-24(31)29-13-10-23-21(11-14-35-23)25(29)18-6-8-20(27)9-7-18/h4-9,11,14-15,25H,3,10,12-13,16H2,1-2H3. The molecular weight excluding hydrogens is 469 g/mol. The van der Waals surface area contributed by atoms with Gasteiger partial charge in [0.25, 0.3) is 11.6 Å². The number of benzene rings is 2. The third-order valence-electron chi connectivity index (χ3n) is 6.23. The summed E-state index contributed by atoms with van der Waals surface area (Å²) in [4.78, 5) is 42.1. The van der Waals surface area contributed by atoms with Crippen molar-refractivity contribution < 1.29 is 18.9 Å². The Morgan fingerprint density at radius 2 is 1.94 bits per heavy atom. The lowest BCUT2D eigenvalue weighted by molar-refractivity contribution is -0.385. The minimum atomic E-state index is -0.513. The summed E-state index contributed by atoms with van der Waals surface area (Å²) in [6, 6.07) is 12.1. The van der Waals surface area contributed by atoms with E-state index in [1.54, 1.807) is 47.4 Å². The average molecular weight is 496 g/mol. The largest absolute Gasteiger partial charge is 0.330 e. The highest BCUT2D eigenvalue weighted by molar-refractivity contribution is 7.10. The van der Waals surface area contributed by atoms with Crippen LogP contribution in [0, 0.1) is 22.9 Å². The molecule has 182 valence electrons. The summed E-state index contributed by atoms with van der Waals surface area (Å²) in [6.45, 7) is 4.20. The quantitative estimate of drug-likeness (QED) is 0.336. The van der Waals surface area contributed by atoms with Gasteiger partial charge in [0.2, 0.25) is 5.91 Å². The van der Waals surface area contributed by atoms with Crippen molar-refractivity contribution in [2.45, 2.75) is 32.7 Å². The second-order valence-corrected chi connectivity index (χ2v) is 9.58. The lowest BCUT2D eigenvalue weighted by Gasteiger charge is -2.37. The Balaban J connectivity index is 1.61. The van der Waals surface area contributed by atoms with Gasteiger partial charge in [-0.05, 0) is 60.5 Å². The van der Waals surface area contributed by atoms with Crippen LogP contribution in [-0.4, -0.2) is 46.2 Å². The first-order valence-electron chi connectivity index (χ1n) is 11.5. The smallest absolute Gasteiger partial charge is 0.273 e. The number of nitrogens with zero attached hydrogens (tertiary/aromatic N) is 3. The lowest BCUT2D eigenvalue weighted by atomic mass is 9.93. The third-order valence-corrected chi connectivity index (χ3v) is 7.23. The van der Waals surface area contributed by atoms with E-state index < -0.39 is 10.8 Å². The minimum absolute atomic E-state index is 0.129. The zero-order valence-electron chi connectivity index (χ0n) is 19.6. The van der Waals surface area contributed by atoms with Gasteiger partial charge in [-0.25, -0.2) is 4.39 Å². The maximum Gasteiger partial charge on any atom is 0.273 e. The number of halogens is 1. The highest BCUT2D eigenvalue weighted by Crippen LogP contribution is 2.38. The van der Waals surface area contributed by atoms with Gasteiger partial charge in [-0.3, -0.25) is 19.7 Å². The summed E-state index contributed by atoms with van der Waals surface area (Å²) in [5.41, 5.74) is 2.34. The molecule has 0 bridgehead atoms. The molecule has 0 aliphatic carbocycles. The molecule has 1 atom stereocenters. The summed E-state index contributed by atoms with van der Waals surface area (Å²) in [5.74, 6) is -0.991. The van der Waals surface area contributed by atoms with Gasteiger partial charge in [0.1, 0.15) is 12.4 Å². The van der Waals surface area contributed by atoms with E-state index in [0.29, 0.717) is 31.5 Å². The zero-order valence-corrected chi connectivity index (χ0v) is 20.4. The highest BCUT2D eigenvalue weighted by Gasteiger charge is 2.34. The van der Waals surface area contributed by atoms with E-state index in [1.165, 1.54) is 28.0 Å². The summed E-state index contributed by atoms with van der Waals surface area (Å²) >= 11 is 1.64. The number of aryl methyl sites for hydroxylation is 1. The summed E-state index contributed by atoms with van der Waals surface area (Å²) in [6.07, 6.45) is 1.34. The number of thiophene rings is 1. The minimum Gasteiger partial charge on any atom is -0.330 e. The van der Waals surface area contributed by atoms with Gasteiger partial charge >= 0.3 is 0 Å². The topological polar surface area (TPSA) is 83.8 Å². The molecule has 0 saturated carbocycles. The van der Waals surface area contributed by atoms with Crippen LogP contribution in [0.5, 0.6) is 0 Å². The van der Waals surface area contributed by atoms with E-state index in [1.807, 2.05) is 18.4 Å². The number of hydrogen-bond acceptors (Lipinski definition) is 5. The Morgan fingerprint density at radius 3 is 2.63 bits per heavy atom. The summed E-state index contributed by atoms with van der Waals surface area (Å²) in [7, 11) is 0. The van der Waals surface area contributed by atoms with Crippen molar-refractivity contribution in [2.75, 3.05) is 19.6 Å². The molecule has 4 rings (SSSR count). The first-order chi connectivity index (χ1) is 16.8. The van der Waals surface area contributed by atoms with Gasteiger partial charge in [-0.1, -0.05) is 25.1 Å². The average Bonchev–Trinajstić information content (AvgIpc) is 3.32. The van der Waals surface area contributed by atoms with Crippen LogP contribution in [0.3, 0.4) is 0 Å². The van der Waals surface area contributed by atoms with Crippen LogP contribution in [0.15, 0.2) is 53.9 Å². The molecule has 7 nitrogen and oxygen atoms in total. The van der Waals surface area contributed by atoms with Crippen LogP contribution in [0.25, 0.3) is 0 Å². The molecule has 2 amide bonds. The van der Waals surface area contributed by atoms with Gasteiger partial charge in [0, 0.05) is 35.2 Å². The van der Waals surface area contributed by atoms with Gasteiger partial charge in [-0.15, -0.1) is 11.3 Å². The number of nitro groups is 1. The van der Waals surface area contributed by atoms with Crippen molar-refractivity contribution in [2.24, 2.45) is 0 Å². The number of rotatable bonds is 7. The predicted octanol–water partition coefficient (Wildman–Crippen LogP) is 5.13. The van der Waals surface area contributed by atoms with Gasteiger partial charge in [0.05, 0.1) is 11.0 Å². The van der Waals surface area contributed by atoms with E-state index in [-0.39, 0.29) is 35.6 Å². The predicted molar refractivity (Wildman–Crippen MR) is 132 cm³/mol. The molecule has 1 aliphatic rings. The summed E-state index contributed by atoms with van der Waals surface area (Å²) in [5, 5.41) is 13.3. The molecule has 1 unspecified atom stereocenters. The molecule has 0 spiro atoms. The third kappa shape index (κ3) is 5.09. The van der Waals surface area contributed by atoms with E-state index in [4.69, 9.17) is 0 Å². The van der Waals surface area contributed by atoms with Crippen molar-refractivity contribution in [1.29, 1.82) is 0 Å². The van der Waals surface area contributed by atoms with Gasteiger partial charge in [0.15, 0.2) is 0 Å². The molecule has 3 aromatic rings. The number of carbonyl (C=O) groups is 2. The highest BCUT2D eigenvalue weighted by atomic mass is 32.1. The van der Waals surface area contributed by atoms with Crippen LogP contribution in [0.2, 0.25) is 0 Å². The number of fused-ring (bicyclic) bond motifs is 1. The molecule has 1 aliphatic heterocycles. The molecule has 0 N–H and O–H groups in total. The molecule has 0 saturated heterocycles. The molecule has 0 radical (unpaired) electrons. The van der Waals surface area contributed by atoms with Crippen LogP contribution in [0.1, 0.15) is 51.3 Å². The van der Waals surface area contributed by atoms with Crippen LogP contribution in [-0.2, 0) is 11.2 Å². The van der Waals surface area contributed by atoms with Crippen LogP contribution in [0.4, 0.5) is 10.1 Å². The Kier molecular flexibility index (Phi) is 7.25. The molecular formula is C26H26FN3O4S. The second-order valence-electron chi connectivity index (χ2n) is 8.58. The number of carbonyl (C=O) groups excluding carboxylic acids is 2. The normalized spacial score (nSPS) is 14.9. The molecule has 1 aromatic heterocycles. The van der Waals surface area contributed by atoms with Crippen LogP contribution >= 0.6 is 11.3 Å². The van der Waals surface area contributed by atoms with Crippen LogP contribution < -0.4 is 0 Å². The van der Waals surface area contributed by atoms with E-state index in [2.05, 4.69) is 0 Å². The maximum atomic E-state index is 13.6. The zero-order chi connectivity index (χ0) is 25.1. The van der Waals surface area contributed by atoms with Crippen molar-refractivity contribution in [3.8, 4) is 0 Å². The maximum absolute atomic E-state index is 13.6. The van der Waals surface area contributed by atoms with E-state index in [9.17, 15) is 24.1 Å². The Morgan fingerprint density at radius 1 is 1.20 bits per heavy atom. The number of amides is 2. The Bertz CT molecular complexity index is 1260. The second kappa shape index (κ2) is 10.4. The fraction of sp³-hybridized carbons (Fsp3) is 0.308. The first-order valence-corrected chi connectivity index (χ1v) is 12.3. The van der Waals surface area contributed by atoms with Gasteiger partial charge < -0.3 is 9.80 Å². The van der Waals surface area contributed by atoms with E-state index in [0.717, 1.165) is 11.1 Å². The van der Waals surface area contributed by atoms with Crippen molar-refractivity contribution in [3.63, 3.8) is 0 Å². The lowest BCUT2D eigenvalue weighted by Crippen LogP contribution is -2.47.